The van der Waals surface area contributed by atoms with Crippen LogP contribution in [0.1, 0.15) is 37.4 Å². The van der Waals surface area contributed by atoms with Gasteiger partial charge in [0.05, 0.1) is 6.54 Å². The van der Waals surface area contributed by atoms with Crippen molar-refractivity contribution in [3.8, 4) is 0 Å². The minimum atomic E-state index is -1.06. The first kappa shape index (κ1) is 24.3. The Bertz CT molecular complexity index is 702. The number of nitrogens with zero attached hydrogens (tertiary/aromatic N) is 2. The number of rotatable bonds is 9. The second-order valence-electron chi connectivity index (χ2n) is 6.22. The molecular weight excluding hydrogens is 495 g/mol. The Morgan fingerprint density at radius 3 is 2.78 bits per heavy atom. The van der Waals surface area contributed by atoms with Crippen LogP contribution in [0.25, 0.3) is 0 Å². The third-order valence-corrected chi connectivity index (χ3v) is 5.81. The van der Waals surface area contributed by atoms with E-state index in [9.17, 15) is 5.11 Å². The van der Waals surface area contributed by atoms with Crippen molar-refractivity contribution in [2.75, 3.05) is 25.4 Å². The maximum absolute atomic E-state index is 10.8. The van der Waals surface area contributed by atoms with Crippen molar-refractivity contribution in [3.05, 3.63) is 34.7 Å². The minimum Gasteiger partial charge on any atom is -0.466 e. The molecule has 0 aliphatic heterocycles. The summed E-state index contributed by atoms with van der Waals surface area (Å²) >= 11 is 3.43. The average Bonchev–Trinajstić information content (AvgIpc) is 3.21. The van der Waals surface area contributed by atoms with Crippen molar-refractivity contribution in [3.63, 3.8) is 0 Å². The summed E-state index contributed by atoms with van der Waals surface area (Å²) in [4.78, 5) is 8.81. The molecule has 1 unspecified atom stereocenters. The topological polar surface area (TPSA) is 82.7 Å². The lowest BCUT2D eigenvalue weighted by Gasteiger charge is -2.21. The van der Waals surface area contributed by atoms with E-state index in [1.165, 1.54) is 0 Å². The number of hydrogen-bond donors (Lipinski definition) is 3. The maximum atomic E-state index is 10.8. The molecule has 2 rings (SSSR count). The fourth-order valence-corrected chi connectivity index (χ4v) is 4.19. The molecule has 0 bridgehead atoms. The van der Waals surface area contributed by atoms with Crippen LogP contribution < -0.4 is 10.6 Å². The van der Waals surface area contributed by atoms with E-state index in [0.717, 1.165) is 46.7 Å². The number of hydrogen-bond acceptors (Lipinski definition) is 6. The number of furan rings is 1. The number of halogens is 1. The van der Waals surface area contributed by atoms with Crippen LogP contribution in [0.5, 0.6) is 0 Å². The van der Waals surface area contributed by atoms with Gasteiger partial charge < -0.3 is 20.2 Å². The number of guanidine groups is 1. The van der Waals surface area contributed by atoms with Gasteiger partial charge in [0, 0.05) is 36.0 Å². The molecule has 0 spiro atoms. The zero-order valence-corrected chi connectivity index (χ0v) is 20.2. The molecule has 6 nitrogen and oxygen atoms in total. The van der Waals surface area contributed by atoms with Crippen LogP contribution in [0.15, 0.2) is 31.4 Å². The summed E-state index contributed by atoms with van der Waals surface area (Å²) < 4.78 is 6.64. The molecular formula is C18H29IN4O2S2. The van der Waals surface area contributed by atoms with Crippen molar-refractivity contribution in [2.45, 2.75) is 44.1 Å². The Balaban J connectivity index is 0.00000364. The molecule has 0 radical (unpaired) electrons. The molecule has 2 heterocycles. The van der Waals surface area contributed by atoms with Crippen molar-refractivity contribution < 1.29 is 9.52 Å². The van der Waals surface area contributed by atoms with Gasteiger partial charge in [0.1, 0.15) is 21.5 Å². The molecule has 3 N–H and O–H groups in total. The normalized spacial score (nSPS) is 13.7. The first-order valence-electron chi connectivity index (χ1n) is 8.76. The lowest BCUT2D eigenvalue weighted by atomic mass is 9.96. The van der Waals surface area contributed by atoms with Gasteiger partial charge in [-0.1, -0.05) is 11.8 Å². The average molecular weight is 524 g/mol. The van der Waals surface area contributed by atoms with Crippen molar-refractivity contribution in [1.82, 2.24) is 15.6 Å². The summed E-state index contributed by atoms with van der Waals surface area (Å²) in [6.45, 7) is 9.38. The number of nitrogens with one attached hydrogen (secondary N) is 2. The van der Waals surface area contributed by atoms with E-state index in [1.54, 1.807) is 30.0 Å². The smallest absolute Gasteiger partial charge is 0.191 e. The van der Waals surface area contributed by atoms with Gasteiger partial charge in [0.15, 0.2) is 5.96 Å². The Morgan fingerprint density at radius 1 is 1.41 bits per heavy atom. The second-order valence-corrected chi connectivity index (χ2v) is 8.46. The highest BCUT2D eigenvalue weighted by molar-refractivity contribution is 14.0. The number of aliphatic hydroxyl groups is 1. The molecule has 2 aromatic heterocycles. The Labute approximate surface area is 186 Å². The number of aliphatic imine (C=N–C) groups is 1. The van der Waals surface area contributed by atoms with E-state index in [2.05, 4.69) is 20.6 Å². The number of thiazole rings is 1. The zero-order valence-electron chi connectivity index (χ0n) is 16.2. The molecule has 0 amide bonds. The number of aryl methyl sites for hydroxylation is 2. The fraction of sp³-hybridized carbons (Fsp3) is 0.556. The van der Waals surface area contributed by atoms with Gasteiger partial charge in [-0.2, -0.15) is 0 Å². The summed E-state index contributed by atoms with van der Waals surface area (Å²) in [5, 5.41) is 19.3. The Kier molecular flexibility index (Phi) is 10.7. The summed E-state index contributed by atoms with van der Waals surface area (Å²) in [6, 6.07) is 1.88. The molecule has 9 heteroatoms. The van der Waals surface area contributed by atoms with Gasteiger partial charge >= 0.3 is 0 Å². The molecule has 0 fully saturated rings. The summed E-state index contributed by atoms with van der Waals surface area (Å²) in [5.41, 5.74) is -0.278. The lowest BCUT2D eigenvalue weighted by molar-refractivity contribution is 0.0657. The monoisotopic (exact) mass is 524 g/mol. The van der Waals surface area contributed by atoms with Gasteiger partial charge in [-0.15, -0.1) is 35.3 Å². The van der Waals surface area contributed by atoms with Gasteiger partial charge in [0.2, 0.25) is 0 Å². The molecule has 152 valence electrons. The molecule has 0 saturated heterocycles. The molecule has 2 aromatic rings. The van der Waals surface area contributed by atoms with E-state index in [4.69, 9.17) is 4.42 Å². The van der Waals surface area contributed by atoms with E-state index >= 15 is 0 Å². The molecule has 0 aliphatic carbocycles. The van der Waals surface area contributed by atoms with Gasteiger partial charge in [-0.25, -0.2) is 9.98 Å². The molecule has 0 saturated carbocycles. The third-order valence-electron chi connectivity index (χ3n) is 3.76. The van der Waals surface area contributed by atoms with Crippen molar-refractivity contribution in [2.24, 2.45) is 4.99 Å². The SMILES string of the molecule is CCNC(=NCC(C)(O)c1cc(C)oc1C)NCCCSc1nccs1.I. The van der Waals surface area contributed by atoms with Crippen LogP contribution >= 0.6 is 47.1 Å². The first-order valence-corrected chi connectivity index (χ1v) is 10.6. The standard InChI is InChI=1S/C18H28N4O2S2.HI/c1-5-19-16(20-7-6-9-25-17-21-8-10-26-17)22-12-18(4,23)15-11-13(2)24-14(15)3;/h8,10-11,23H,5-7,9,12H2,1-4H3,(H2,19,20,22);1H. The Hall–Kier alpha value is -0.780. The third kappa shape index (κ3) is 8.00. The van der Waals surface area contributed by atoms with Crippen LogP contribution in [0, 0.1) is 13.8 Å². The largest absolute Gasteiger partial charge is 0.466 e. The van der Waals surface area contributed by atoms with E-state index in [1.807, 2.05) is 38.4 Å². The molecule has 27 heavy (non-hydrogen) atoms. The molecule has 0 aromatic carbocycles. The van der Waals surface area contributed by atoms with Crippen LogP contribution in [0.2, 0.25) is 0 Å². The van der Waals surface area contributed by atoms with Crippen LogP contribution in [-0.2, 0) is 5.60 Å². The van der Waals surface area contributed by atoms with Crippen molar-refractivity contribution in [1.29, 1.82) is 0 Å². The summed E-state index contributed by atoms with van der Waals surface area (Å²) in [6.07, 6.45) is 2.83. The highest BCUT2D eigenvalue weighted by Crippen LogP contribution is 2.27. The van der Waals surface area contributed by atoms with Gasteiger partial charge in [-0.05, 0) is 40.2 Å². The summed E-state index contributed by atoms with van der Waals surface area (Å²) in [5.74, 6) is 3.25. The van der Waals surface area contributed by atoms with E-state index in [-0.39, 0.29) is 30.5 Å². The maximum Gasteiger partial charge on any atom is 0.191 e. The Morgan fingerprint density at radius 2 is 2.19 bits per heavy atom. The van der Waals surface area contributed by atoms with Crippen LogP contribution in [0.3, 0.4) is 0 Å². The van der Waals surface area contributed by atoms with E-state index < -0.39 is 5.60 Å². The van der Waals surface area contributed by atoms with Crippen LogP contribution in [0.4, 0.5) is 0 Å². The molecule has 0 aliphatic rings. The predicted molar refractivity (Wildman–Crippen MR) is 125 cm³/mol. The quantitative estimate of drug-likeness (QED) is 0.152. The zero-order chi connectivity index (χ0) is 19.0. The van der Waals surface area contributed by atoms with Crippen LogP contribution in [-0.4, -0.2) is 41.4 Å². The predicted octanol–water partition coefficient (Wildman–Crippen LogP) is 3.92. The summed E-state index contributed by atoms with van der Waals surface area (Å²) in [7, 11) is 0. The number of aromatic nitrogens is 1. The second kappa shape index (κ2) is 11.9. The fourth-order valence-electron chi connectivity index (χ4n) is 2.55. The highest BCUT2D eigenvalue weighted by atomic mass is 127. The first-order chi connectivity index (χ1) is 12.4. The minimum absolute atomic E-state index is 0. The number of thioether (sulfide) groups is 1. The highest BCUT2D eigenvalue weighted by Gasteiger charge is 2.27. The lowest BCUT2D eigenvalue weighted by Crippen LogP contribution is -2.39. The van der Waals surface area contributed by atoms with Crippen molar-refractivity contribution >= 4 is 53.0 Å². The van der Waals surface area contributed by atoms with E-state index in [0.29, 0.717) is 5.96 Å². The molecule has 1 atom stereocenters. The van der Waals surface area contributed by atoms with Gasteiger partial charge in [-0.3, -0.25) is 0 Å². The van der Waals surface area contributed by atoms with Gasteiger partial charge in [0.25, 0.3) is 0 Å².